The second-order valence-electron chi connectivity index (χ2n) is 6.12. The van der Waals surface area contributed by atoms with Gasteiger partial charge in [0.05, 0.1) is 30.8 Å². The molecular formula is C19H21N7O. The van der Waals surface area contributed by atoms with Crippen molar-refractivity contribution in [2.75, 3.05) is 41.8 Å². The molecule has 1 fully saturated rings. The van der Waals surface area contributed by atoms with Crippen molar-refractivity contribution in [3.8, 4) is 0 Å². The molecule has 0 atom stereocenters. The van der Waals surface area contributed by atoms with E-state index in [-0.39, 0.29) is 0 Å². The quantitative estimate of drug-likeness (QED) is 0.690. The van der Waals surface area contributed by atoms with Gasteiger partial charge >= 0.3 is 0 Å². The standard InChI is InChI=1S/C19H21N7O/c1-2-4-17(26-9-11-27-12-10-26)16(3-1)23-18-14-22-25-19(24-18)21-13-15-5-7-20-8-6-15/h1-8,14H,9-13H2,(H2,21,23,24,25). The van der Waals surface area contributed by atoms with Crippen LogP contribution in [-0.2, 0) is 11.3 Å². The molecule has 27 heavy (non-hydrogen) atoms. The largest absolute Gasteiger partial charge is 0.378 e. The summed E-state index contributed by atoms with van der Waals surface area (Å²) in [5.74, 6) is 1.11. The van der Waals surface area contributed by atoms with Gasteiger partial charge in [-0.2, -0.15) is 10.1 Å². The van der Waals surface area contributed by atoms with Crippen molar-refractivity contribution < 1.29 is 4.74 Å². The Kier molecular flexibility index (Phi) is 5.35. The van der Waals surface area contributed by atoms with Crippen molar-refractivity contribution in [2.24, 2.45) is 0 Å². The Labute approximate surface area is 157 Å². The number of para-hydroxylation sites is 2. The average Bonchev–Trinajstić information content (AvgIpc) is 2.74. The van der Waals surface area contributed by atoms with Gasteiger partial charge in [0.1, 0.15) is 0 Å². The van der Waals surface area contributed by atoms with Gasteiger partial charge in [-0.15, -0.1) is 5.10 Å². The van der Waals surface area contributed by atoms with Gasteiger partial charge in [0, 0.05) is 32.0 Å². The number of anilines is 4. The van der Waals surface area contributed by atoms with Gasteiger partial charge in [0.2, 0.25) is 5.95 Å². The Morgan fingerprint density at radius 2 is 1.85 bits per heavy atom. The normalized spacial score (nSPS) is 14.0. The molecule has 2 aromatic heterocycles. The van der Waals surface area contributed by atoms with E-state index in [2.05, 4.69) is 41.8 Å². The number of nitrogens with one attached hydrogen (secondary N) is 2. The summed E-state index contributed by atoms with van der Waals surface area (Å²) in [4.78, 5) is 10.8. The molecule has 3 aromatic rings. The number of hydrogen-bond acceptors (Lipinski definition) is 8. The number of benzene rings is 1. The molecule has 3 heterocycles. The first-order valence-electron chi connectivity index (χ1n) is 8.90. The van der Waals surface area contributed by atoms with Gasteiger partial charge in [-0.1, -0.05) is 12.1 Å². The third-order valence-electron chi connectivity index (χ3n) is 4.28. The molecule has 1 aromatic carbocycles. The Balaban J connectivity index is 1.47. The number of aromatic nitrogens is 4. The highest BCUT2D eigenvalue weighted by atomic mass is 16.5. The first-order chi connectivity index (χ1) is 13.4. The molecule has 4 rings (SSSR count). The number of hydrogen-bond donors (Lipinski definition) is 2. The highest BCUT2D eigenvalue weighted by Gasteiger charge is 2.15. The molecule has 1 aliphatic heterocycles. The number of nitrogens with zero attached hydrogens (tertiary/aromatic N) is 5. The lowest BCUT2D eigenvalue weighted by Crippen LogP contribution is -2.36. The van der Waals surface area contributed by atoms with Crippen LogP contribution in [0.25, 0.3) is 0 Å². The smallest absolute Gasteiger partial charge is 0.244 e. The van der Waals surface area contributed by atoms with Crippen LogP contribution in [0.1, 0.15) is 5.56 Å². The van der Waals surface area contributed by atoms with E-state index in [1.807, 2.05) is 30.3 Å². The average molecular weight is 363 g/mol. The van der Waals surface area contributed by atoms with Crippen molar-refractivity contribution in [3.05, 3.63) is 60.6 Å². The Morgan fingerprint density at radius 1 is 1.04 bits per heavy atom. The summed E-state index contributed by atoms with van der Waals surface area (Å²) in [6, 6.07) is 12.1. The predicted octanol–water partition coefficient (Wildman–Crippen LogP) is 2.46. The zero-order valence-corrected chi connectivity index (χ0v) is 14.9. The van der Waals surface area contributed by atoms with Gasteiger partial charge in [-0.25, -0.2) is 0 Å². The fraction of sp³-hybridized carbons (Fsp3) is 0.263. The van der Waals surface area contributed by atoms with Crippen molar-refractivity contribution in [3.63, 3.8) is 0 Å². The third kappa shape index (κ3) is 4.48. The van der Waals surface area contributed by atoms with E-state index < -0.39 is 0 Å². The second-order valence-corrected chi connectivity index (χ2v) is 6.12. The highest BCUT2D eigenvalue weighted by molar-refractivity contribution is 5.74. The van der Waals surface area contributed by atoms with E-state index >= 15 is 0 Å². The number of pyridine rings is 1. The lowest BCUT2D eigenvalue weighted by Gasteiger charge is -2.30. The minimum atomic E-state index is 0.473. The molecule has 0 bridgehead atoms. The van der Waals surface area contributed by atoms with Crippen LogP contribution in [-0.4, -0.2) is 46.5 Å². The molecule has 138 valence electrons. The number of ether oxygens (including phenoxy) is 1. The summed E-state index contributed by atoms with van der Waals surface area (Å²) in [5, 5.41) is 14.7. The Bertz CT molecular complexity index is 869. The fourth-order valence-electron chi connectivity index (χ4n) is 2.92. The lowest BCUT2D eigenvalue weighted by molar-refractivity contribution is 0.123. The van der Waals surface area contributed by atoms with E-state index in [4.69, 9.17) is 4.74 Å². The zero-order chi connectivity index (χ0) is 18.3. The van der Waals surface area contributed by atoms with Crippen LogP contribution in [0.15, 0.2) is 55.0 Å². The SMILES string of the molecule is c1ccc(N2CCOCC2)c(Nc2cnnc(NCc3ccncc3)n2)c1. The van der Waals surface area contributed by atoms with Crippen molar-refractivity contribution >= 4 is 23.1 Å². The van der Waals surface area contributed by atoms with Gasteiger partial charge in [-0.3, -0.25) is 4.98 Å². The van der Waals surface area contributed by atoms with Crippen LogP contribution in [0.4, 0.5) is 23.1 Å². The van der Waals surface area contributed by atoms with Gasteiger partial charge in [-0.05, 0) is 29.8 Å². The van der Waals surface area contributed by atoms with Crippen LogP contribution in [0, 0.1) is 0 Å². The molecule has 8 nitrogen and oxygen atoms in total. The van der Waals surface area contributed by atoms with E-state index in [0.717, 1.165) is 43.2 Å². The molecule has 8 heteroatoms. The minimum Gasteiger partial charge on any atom is -0.378 e. The van der Waals surface area contributed by atoms with Gasteiger partial charge in [0.25, 0.3) is 0 Å². The van der Waals surface area contributed by atoms with E-state index in [0.29, 0.717) is 18.3 Å². The Hall–Kier alpha value is -3.26. The van der Waals surface area contributed by atoms with Gasteiger partial charge in [0.15, 0.2) is 5.82 Å². The summed E-state index contributed by atoms with van der Waals surface area (Å²) in [6.45, 7) is 3.84. The van der Waals surface area contributed by atoms with Crippen molar-refractivity contribution in [1.82, 2.24) is 20.2 Å². The van der Waals surface area contributed by atoms with Crippen molar-refractivity contribution in [2.45, 2.75) is 6.54 Å². The molecule has 0 amide bonds. The molecule has 0 saturated carbocycles. The molecule has 0 unspecified atom stereocenters. The van der Waals surface area contributed by atoms with E-state index in [1.165, 1.54) is 0 Å². The van der Waals surface area contributed by atoms with Gasteiger partial charge < -0.3 is 20.3 Å². The second kappa shape index (κ2) is 8.41. The molecular weight excluding hydrogens is 342 g/mol. The maximum Gasteiger partial charge on any atom is 0.244 e. The number of morpholine rings is 1. The van der Waals surface area contributed by atoms with Crippen LogP contribution in [0.2, 0.25) is 0 Å². The Morgan fingerprint density at radius 3 is 2.70 bits per heavy atom. The molecule has 0 radical (unpaired) electrons. The molecule has 2 N–H and O–H groups in total. The van der Waals surface area contributed by atoms with Crippen molar-refractivity contribution in [1.29, 1.82) is 0 Å². The zero-order valence-electron chi connectivity index (χ0n) is 14.9. The highest BCUT2D eigenvalue weighted by Crippen LogP contribution is 2.28. The first kappa shape index (κ1) is 17.2. The maximum atomic E-state index is 5.45. The van der Waals surface area contributed by atoms with E-state index in [1.54, 1.807) is 18.6 Å². The maximum absolute atomic E-state index is 5.45. The summed E-state index contributed by atoms with van der Waals surface area (Å²) in [7, 11) is 0. The van der Waals surface area contributed by atoms with Crippen LogP contribution in [0.3, 0.4) is 0 Å². The van der Waals surface area contributed by atoms with Crippen LogP contribution < -0.4 is 15.5 Å². The van der Waals surface area contributed by atoms with E-state index in [9.17, 15) is 0 Å². The topological polar surface area (TPSA) is 88.1 Å². The molecule has 0 aliphatic carbocycles. The fourth-order valence-corrected chi connectivity index (χ4v) is 2.92. The monoisotopic (exact) mass is 363 g/mol. The van der Waals surface area contributed by atoms with Crippen LogP contribution in [0.5, 0.6) is 0 Å². The third-order valence-corrected chi connectivity index (χ3v) is 4.28. The predicted molar refractivity (Wildman–Crippen MR) is 104 cm³/mol. The molecule has 1 saturated heterocycles. The lowest BCUT2D eigenvalue weighted by atomic mass is 10.2. The summed E-state index contributed by atoms with van der Waals surface area (Å²) in [6.07, 6.45) is 5.14. The minimum absolute atomic E-state index is 0.473. The van der Waals surface area contributed by atoms with Crippen LogP contribution >= 0.6 is 0 Å². The summed E-state index contributed by atoms with van der Waals surface area (Å²) >= 11 is 0. The summed E-state index contributed by atoms with van der Waals surface area (Å²) in [5.41, 5.74) is 3.22. The molecule has 1 aliphatic rings. The summed E-state index contributed by atoms with van der Waals surface area (Å²) < 4.78 is 5.45. The number of rotatable bonds is 6. The molecule has 0 spiro atoms. The first-order valence-corrected chi connectivity index (χ1v) is 8.90.